The Bertz CT molecular complexity index is 1670. The quantitative estimate of drug-likeness (QED) is 0.0808. The molecule has 32 heavy (non-hydrogen) atoms. The third kappa shape index (κ3) is 3.67. The second-order valence-electron chi connectivity index (χ2n) is 7.56. The van der Waals surface area contributed by atoms with E-state index < -0.39 is 0 Å². The zero-order valence-electron chi connectivity index (χ0n) is 15.5. The SMILES string of the molecule is Ic1cc2c(cc1I)c1c(I)c(I)cc3c4cc(I)c(I)cc4c4c(I)c(I)cc2c4c31. The van der Waals surface area contributed by atoms with Gasteiger partial charge < -0.3 is 0 Å². The van der Waals surface area contributed by atoms with Crippen LogP contribution in [0.1, 0.15) is 0 Å². The summed E-state index contributed by atoms with van der Waals surface area (Å²) in [6.45, 7) is 0. The summed E-state index contributed by atoms with van der Waals surface area (Å²) in [5.41, 5.74) is 0. The summed E-state index contributed by atoms with van der Waals surface area (Å²) in [6.07, 6.45) is 0. The smallest absolute Gasteiger partial charge is 0.0349 e. The molecule has 6 aromatic carbocycles. The van der Waals surface area contributed by atoms with Crippen molar-refractivity contribution in [3.05, 3.63) is 65.0 Å². The Labute approximate surface area is 293 Å². The van der Waals surface area contributed by atoms with E-state index in [1.165, 1.54) is 82.4 Å². The van der Waals surface area contributed by atoms with Crippen molar-refractivity contribution in [3.8, 4) is 0 Å². The average Bonchev–Trinajstić information content (AvgIpc) is 2.74. The molecule has 0 saturated heterocycles. The summed E-state index contributed by atoms with van der Waals surface area (Å²) < 4.78 is 10.6. The Morgan fingerprint density at radius 1 is 0.281 bits per heavy atom. The van der Waals surface area contributed by atoms with Gasteiger partial charge in [-0.15, -0.1) is 0 Å². The highest BCUT2D eigenvalue weighted by Gasteiger charge is 2.23. The van der Waals surface area contributed by atoms with Crippen LogP contribution in [0.4, 0.5) is 0 Å². The topological polar surface area (TPSA) is 0 Å². The largest absolute Gasteiger partial charge is 0.0431 e. The Morgan fingerprint density at radius 3 is 0.875 bits per heavy atom. The van der Waals surface area contributed by atoms with Gasteiger partial charge in [0.05, 0.1) is 0 Å². The summed E-state index contributed by atoms with van der Waals surface area (Å²) in [7, 11) is 0. The number of fused-ring (bicyclic) bond motifs is 6. The molecule has 6 aromatic rings. The molecule has 0 aliphatic rings. The molecule has 0 aromatic heterocycles. The molecule has 0 spiro atoms. The van der Waals surface area contributed by atoms with Gasteiger partial charge in [0, 0.05) is 39.3 Å². The maximum Gasteiger partial charge on any atom is 0.0349 e. The maximum absolute atomic E-state index is 2.57. The minimum Gasteiger partial charge on any atom is -0.0431 e. The van der Waals surface area contributed by atoms with Gasteiger partial charge >= 0.3 is 0 Å². The molecule has 0 saturated carbocycles. The monoisotopic (exact) mass is 1310 g/mol. The molecule has 158 valence electrons. The number of hydrogen-bond donors (Lipinski definition) is 0. The predicted octanol–water partition coefficient (Wildman–Crippen LogP) is 11.7. The molecule has 0 atom stereocenters. The van der Waals surface area contributed by atoms with Crippen molar-refractivity contribution < 1.29 is 0 Å². The van der Waals surface area contributed by atoms with E-state index in [2.05, 4.69) is 217 Å². The van der Waals surface area contributed by atoms with Crippen LogP contribution >= 0.6 is 181 Å². The van der Waals surface area contributed by atoms with Gasteiger partial charge in [-0.1, -0.05) is 0 Å². The first-order valence-corrected chi connectivity index (χ1v) is 17.9. The number of halogens is 8. The van der Waals surface area contributed by atoms with E-state index in [0.29, 0.717) is 0 Å². The summed E-state index contributed by atoms with van der Waals surface area (Å²) in [6, 6.07) is 14.4. The standard InChI is InChI=1S/C24H6I8/c25-13-1-7-9-5-17(29)24(32)22-12-4-16(28)14(26)2-8(12)10-6-18(30)23(31)21(20(10)19(9)22)11(7)3-15(13)27/h1-6H. The van der Waals surface area contributed by atoms with Crippen LogP contribution in [0.25, 0.3) is 53.9 Å². The predicted molar refractivity (Wildman–Crippen MR) is 207 cm³/mol. The minimum absolute atomic E-state index is 1.31. The summed E-state index contributed by atoms with van der Waals surface area (Å²) >= 11 is 20.1. The molecule has 0 aliphatic heterocycles. The van der Waals surface area contributed by atoms with Crippen molar-refractivity contribution in [2.24, 2.45) is 0 Å². The summed E-state index contributed by atoms with van der Waals surface area (Å²) in [5, 5.41) is 13.9. The van der Waals surface area contributed by atoms with Crippen LogP contribution in [0.5, 0.6) is 0 Å². The van der Waals surface area contributed by atoms with E-state index in [9.17, 15) is 0 Å². The lowest BCUT2D eigenvalue weighted by molar-refractivity contribution is 1.63. The normalized spacial score (nSPS) is 12.4. The first kappa shape index (κ1) is 25.0. The molecular weight excluding hydrogens is 1300 g/mol. The number of rotatable bonds is 0. The molecule has 0 N–H and O–H groups in total. The van der Waals surface area contributed by atoms with E-state index in [4.69, 9.17) is 0 Å². The molecule has 8 heteroatoms. The van der Waals surface area contributed by atoms with Crippen LogP contribution in [0.3, 0.4) is 0 Å². The fraction of sp³-hybridized carbons (Fsp3) is 0. The van der Waals surface area contributed by atoms with E-state index in [1.54, 1.807) is 0 Å². The molecule has 0 radical (unpaired) electrons. The van der Waals surface area contributed by atoms with Crippen molar-refractivity contribution in [2.45, 2.75) is 0 Å². The van der Waals surface area contributed by atoms with E-state index in [1.807, 2.05) is 0 Å². The highest BCUT2D eigenvalue weighted by atomic mass is 127. The van der Waals surface area contributed by atoms with Crippen LogP contribution in [0.15, 0.2) is 36.4 Å². The lowest BCUT2D eigenvalue weighted by Crippen LogP contribution is -1.98. The summed E-state index contributed by atoms with van der Waals surface area (Å²) in [5.74, 6) is 0. The minimum atomic E-state index is 1.31. The molecule has 0 nitrogen and oxygen atoms in total. The van der Waals surface area contributed by atoms with Gasteiger partial charge in [0.1, 0.15) is 0 Å². The Kier molecular flexibility index (Phi) is 7.18. The number of hydrogen-bond acceptors (Lipinski definition) is 0. The van der Waals surface area contributed by atoms with Gasteiger partial charge in [0.15, 0.2) is 0 Å². The Balaban J connectivity index is 2.14. The van der Waals surface area contributed by atoms with E-state index in [-0.39, 0.29) is 0 Å². The molecule has 0 fully saturated rings. The third-order valence-electron chi connectivity index (χ3n) is 5.93. The van der Waals surface area contributed by atoms with Crippen molar-refractivity contribution in [3.63, 3.8) is 0 Å². The Hall–Kier alpha value is 2.72. The second kappa shape index (κ2) is 9.18. The van der Waals surface area contributed by atoms with Crippen LogP contribution < -0.4 is 0 Å². The van der Waals surface area contributed by atoms with Gasteiger partial charge in [-0.3, -0.25) is 0 Å². The van der Waals surface area contributed by atoms with Gasteiger partial charge in [0.25, 0.3) is 0 Å². The van der Waals surface area contributed by atoms with Crippen molar-refractivity contribution in [1.29, 1.82) is 0 Å². The third-order valence-corrected chi connectivity index (χ3v) is 17.6. The number of benzene rings is 6. The van der Waals surface area contributed by atoms with E-state index in [0.717, 1.165) is 0 Å². The fourth-order valence-electron chi connectivity index (χ4n) is 4.66. The zero-order chi connectivity index (χ0) is 22.6. The summed E-state index contributed by atoms with van der Waals surface area (Å²) in [4.78, 5) is 0. The lowest BCUT2D eigenvalue weighted by Gasteiger charge is -2.21. The zero-order valence-corrected chi connectivity index (χ0v) is 32.7. The van der Waals surface area contributed by atoms with Crippen LogP contribution in [-0.4, -0.2) is 0 Å². The van der Waals surface area contributed by atoms with Crippen LogP contribution in [0, 0.1) is 28.6 Å². The molecule has 0 aliphatic carbocycles. The molecule has 6 rings (SSSR count). The molecular formula is C24H6I8. The van der Waals surface area contributed by atoms with Crippen molar-refractivity contribution in [1.82, 2.24) is 0 Å². The molecule has 0 amide bonds. The average molecular weight is 1310 g/mol. The first-order chi connectivity index (χ1) is 15.2. The molecule has 0 heterocycles. The second-order valence-corrected chi connectivity index (χ2v) is 16.7. The van der Waals surface area contributed by atoms with Gasteiger partial charge in [-0.2, -0.15) is 0 Å². The van der Waals surface area contributed by atoms with Crippen molar-refractivity contribution in [2.75, 3.05) is 0 Å². The highest BCUT2D eigenvalue weighted by molar-refractivity contribution is 14.1. The van der Waals surface area contributed by atoms with Crippen LogP contribution in [-0.2, 0) is 0 Å². The lowest BCUT2D eigenvalue weighted by atomic mass is 9.86. The Morgan fingerprint density at radius 2 is 0.531 bits per heavy atom. The maximum atomic E-state index is 2.57. The highest BCUT2D eigenvalue weighted by Crippen LogP contribution is 2.50. The van der Waals surface area contributed by atoms with Gasteiger partial charge in [-0.25, -0.2) is 0 Å². The van der Waals surface area contributed by atoms with E-state index >= 15 is 0 Å². The van der Waals surface area contributed by atoms with Crippen LogP contribution in [0.2, 0.25) is 0 Å². The van der Waals surface area contributed by atoms with Gasteiger partial charge in [0.2, 0.25) is 0 Å². The van der Waals surface area contributed by atoms with Gasteiger partial charge in [-0.05, 0) is 260 Å². The fourth-order valence-corrected chi connectivity index (χ4v) is 9.12. The van der Waals surface area contributed by atoms with Crippen molar-refractivity contribution >= 4 is 235 Å². The molecule has 0 unspecified atom stereocenters. The first-order valence-electron chi connectivity index (χ1n) is 9.23. The molecule has 0 bridgehead atoms.